The number of nitrogens with one attached hydrogen (secondary N) is 1. The molecule has 2 rings (SSSR count). The van der Waals surface area contributed by atoms with Crippen molar-refractivity contribution in [2.45, 2.75) is 78.1 Å². The van der Waals surface area contributed by atoms with E-state index in [0.29, 0.717) is 24.7 Å². The summed E-state index contributed by atoms with van der Waals surface area (Å²) in [6.45, 7) is 10.3. The number of carbonyl (C=O) groups is 1. The van der Waals surface area contributed by atoms with Crippen LogP contribution in [-0.2, 0) is 0 Å². The lowest BCUT2D eigenvalue weighted by atomic mass is 10.1. The highest BCUT2D eigenvalue weighted by molar-refractivity contribution is 5.83. The molecule has 1 fully saturated rings. The van der Waals surface area contributed by atoms with E-state index in [4.69, 9.17) is 9.84 Å². The molecule has 2 N–H and O–H groups in total. The Labute approximate surface area is 205 Å². The molecule has 1 heterocycles. The molecule has 1 aliphatic heterocycles. The number of hydrogen-bond acceptors (Lipinski definition) is 4. The number of carbonyl (C=O) groups excluding carboxylic acids is 1. The highest BCUT2D eigenvalue weighted by atomic mass is 79.9. The lowest BCUT2D eigenvalue weighted by molar-refractivity contribution is -0.932. The van der Waals surface area contributed by atoms with Gasteiger partial charge in [-0.05, 0) is 44.2 Å². The van der Waals surface area contributed by atoms with Crippen LogP contribution in [0.25, 0.3) is 0 Å². The molecule has 1 aromatic carbocycles. The van der Waals surface area contributed by atoms with Crippen molar-refractivity contribution in [3.8, 4) is 5.75 Å². The second kappa shape index (κ2) is 19.2. The molecule has 7 heteroatoms. The summed E-state index contributed by atoms with van der Waals surface area (Å²) < 4.78 is 6.76. The third-order valence-electron chi connectivity index (χ3n) is 5.95. The van der Waals surface area contributed by atoms with Crippen LogP contribution in [-0.4, -0.2) is 55.1 Å². The minimum atomic E-state index is -1.33. The van der Waals surface area contributed by atoms with Crippen molar-refractivity contribution in [3.63, 3.8) is 0 Å². The van der Waals surface area contributed by atoms with Gasteiger partial charge in [-0.1, -0.05) is 58.1 Å². The molecule has 0 radical (unpaired) electrons. The molecule has 0 bridgehead atoms. The largest absolute Gasteiger partial charge is 1.00 e. The number of halogens is 1. The van der Waals surface area contributed by atoms with E-state index in [1.807, 2.05) is 6.07 Å². The van der Waals surface area contributed by atoms with Gasteiger partial charge in [0.1, 0.15) is 18.4 Å². The summed E-state index contributed by atoms with van der Waals surface area (Å²) in [5, 5.41) is 21.8. The minimum Gasteiger partial charge on any atom is -1.00 e. The number of unbranched alkanes of at least 4 members (excludes halogenated alkanes) is 5. The average molecular weight is 517 g/mol. The number of aliphatic hydroxyl groups excluding tert-OH is 1. The number of benzene rings is 1. The number of anilines is 1. The molecule has 0 spiro atoms. The van der Waals surface area contributed by atoms with Gasteiger partial charge in [0.05, 0.1) is 38.5 Å². The van der Waals surface area contributed by atoms with E-state index in [2.05, 4.69) is 19.2 Å². The predicted molar refractivity (Wildman–Crippen MR) is 125 cm³/mol. The van der Waals surface area contributed by atoms with Crippen molar-refractivity contribution in [3.05, 3.63) is 24.3 Å². The summed E-state index contributed by atoms with van der Waals surface area (Å²) in [6, 6.07) is 6.96. The minimum absolute atomic E-state index is 0. The quantitative estimate of drug-likeness (QED) is 0.308. The number of likely N-dealkylation sites (tertiary alicyclic amines) is 1. The van der Waals surface area contributed by atoms with E-state index in [9.17, 15) is 9.90 Å². The predicted octanol–water partition coefficient (Wildman–Crippen LogP) is 1.57. The zero-order valence-electron chi connectivity index (χ0n) is 20.1. The average Bonchev–Trinajstić information content (AvgIpc) is 2.77. The van der Waals surface area contributed by atoms with E-state index in [-0.39, 0.29) is 17.0 Å². The Balaban J connectivity index is 0.000000611. The van der Waals surface area contributed by atoms with E-state index in [0.717, 1.165) is 19.4 Å². The molecule has 1 amide bonds. The van der Waals surface area contributed by atoms with Gasteiger partial charge in [0.2, 0.25) is 0 Å². The van der Waals surface area contributed by atoms with Crippen LogP contribution in [0.1, 0.15) is 78.1 Å². The van der Waals surface area contributed by atoms with Crippen molar-refractivity contribution in [2.75, 3.05) is 44.7 Å². The van der Waals surface area contributed by atoms with Crippen LogP contribution < -0.4 is 32.1 Å². The van der Waals surface area contributed by atoms with Crippen LogP contribution in [0.5, 0.6) is 5.75 Å². The van der Waals surface area contributed by atoms with Gasteiger partial charge in [0.15, 0.2) is 0 Å². The van der Waals surface area contributed by atoms with Gasteiger partial charge in [-0.15, -0.1) is 0 Å². The van der Waals surface area contributed by atoms with Crippen molar-refractivity contribution >= 4 is 11.8 Å². The Kier molecular flexibility index (Phi) is 18.4. The molecule has 0 saturated carbocycles. The van der Waals surface area contributed by atoms with Crippen LogP contribution in [0, 0.1) is 0 Å². The molecule has 1 aliphatic rings. The van der Waals surface area contributed by atoms with Crippen molar-refractivity contribution in [1.82, 2.24) is 0 Å². The molecule has 1 aromatic rings. The van der Waals surface area contributed by atoms with Gasteiger partial charge in [-0.2, -0.15) is 0 Å². The van der Waals surface area contributed by atoms with Crippen molar-refractivity contribution in [1.29, 1.82) is 0 Å². The third kappa shape index (κ3) is 13.3. The molecular weight excluding hydrogens is 472 g/mol. The van der Waals surface area contributed by atoms with Crippen LogP contribution in [0.4, 0.5) is 10.5 Å². The monoisotopic (exact) mass is 515 g/mol. The number of quaternary nitrogens is 1. The van der Waals surface area contributed by atoms with E-state index < -0.39 is 6.09 Å². The topological polar surface area (TPSA) is 81.6 Å². The fourth-order valence-electron chi connectivity index (χ4n) is 4.14. The van der Waals surface area contributed by atoms with E-state index in [1.165, 1.54) is 75.5 Å². The zero-order chi connectivity index (χ0) is 22.8. The zero-order valence-corrected chi connectivity index (χ0v) is 21.7. The molecule has 0 aliphatic carbocycles. The highest BCUT2D eigenvalue weighted by Gasteiger charge is 2.28. The fraction of sp³-hybridized carbons (Fsp3) is 0.720. The van der Waals surface area contributed by atoms with Gasteiger partial charge in [0, 0.05) is 0 Å². The van der Waals surface area contributed by atoms with Crippen molar-refractivity contribution in [2.24, 2.45) is 0 Å². The Morgan fingerprint density at radius 1 is 1.00 bits per heavy atom. The molecular formula is C25H44BrN2O4-. The fourth-order valence-corrected chi connectivity index (χ4v) is 4.14. The highest BCUT2D eigenvalue weighted by Crippen LogP contribution is 2.23. The maximum absolute atomic E-state index is 10.5. The number of rotatable bonds is 13. The molecule has 186 valence electrons. The smallest absolute Gasteiger partial charge is 0.142 e. The Morgan fingerprint density at radius 2 is 1.66 bits per heavy atom. The first-order valence-corrected chi connectivity index (χ1v) is 12.2. The van der Waals surface area contributed by atoms with Gasteiger partial charge in [-0.3, -0.25) is 0 Å². The van der Waals surface area contributed by atoms with E-state index in [1.54, 1.807) is 18.2 Å². The van der Waals surface area contributed by atoms with Crippen LogP contribution in [0.2, 0.25) is 0 Å². The molecule has 1 saturated heterocycles. The summed E-state index contributed by atoms with van der Waals surface area (Å²) in [5.41, 5.74) is 0.436. The summed E-state index contributed by atoms with van der Waals surface area (Å²) in [6.07, 6.45) is 11.2. The van der Waals surface area contributed by atoms with Gasteiger partial charge in [-0.25, -0.2) is 0 Å². The summed E-state index contributed by atoms with van der Waals surface area (Å²) in [7, 11) is 0. The third-order valence-corrected chi connectivity index (χ3v) is 5.95. The number of piperidine rings is 1. The van der Waals surface area contributed by atoms with Crippen LogP contribution >= 0.6 is 0 Å². The number of aliphatic hydroxyl groups is 1. The van der Waals surface area contributed by atoms with Crippen molar-refractivity contribution < 1.29 is 41.2 Å². The number of carboxylic acid groups (broad SMARTS) is 1. The van der Waals surface area contributed by atoms with Crippen LogP contribution in [0.15, 0.2) is 24.3 Å². The normalized spacial score (nSPS) is 14.5. The standard InChI is InChI=1S/C14H21NO3.C11H24NO.BrH/c1-2-3-4-5-8-11-18-13-10-7-6-9-12(13)15-14(16)17;1-2-3-7-12(10-11-13)8-5-4-6-9-12;/h6-7,9-10,15H,2-5,8,11H2,1H3,(H,16,17);13H,2-11H2,1H3;1H/q;+1;/p-2. The van der Waals surface area contributed by atoms with Crippen LogP contribution in [0.3, 0.4) is 0 Å². The Bertz CT molecular complexity index is 590. The maximum atomic E-state index is 10.5. The second-order valence-corrected chi connectivity index (χ2v) is 8.55. The first-order chi connectivity index (χ1) is 15.1. The number of ether oxygens (including phenoxy) is 1. The summed E-state index contributed by atoms with van der Waals surface area (Å²) in [5.74, 6) is 0.553. The van der Waals surface area contributed by atoms with Gasteiger partial charge < -0.3 is 46.5 Å². The molecule has 0 unspecified atom stereocenters. The van der Waals surface area contributed by atoms with E-state index >= 15 is 0 Å². The van der Waals surface area contributed by atoms with Gasteiger partial charge >= 0.3 is 0 Å². The first-order valence-electron chi connectivity index (χ1n) is 12.2. The Hall–Kier alpha value is -1.31. The summed E-state index contributed by atoms with van der Waals surface area (Å²) in [4.78, 5) is 10.5. The lowest BCUT2D eigenvalue weighted by Crippen LogP contribution is -3.00. The van der Waals surface area contributed by atoms with Gasteiger partial charge in [0.25, 0.3) is 0 Å². The number of hydrogen-bond donors (Lipinski definition) is 2. The summed E-state index contributed by atoms with van der Waals surface area (Å²) >= 11 is 0. The number of nitrogens with zero attached hydrogens (tertiary/aromatic N) is 1. The Morgan fingerprint density at radius 3 is 2.28 bits per heavy atom. The maximum Gasteiger partial charge on any atom is 0.142 e. The molecule has 0 atom stereocenters. The second-order valence-electron chi connectivity index (χ2n) is 8.55. The lowest BCUT2D eigenvalue weighted by Gasteiger charge is -2.41. The number of amides is 1. The molecule has 0 aromatic heterocycles. The molecule has 32 heavy (non-hydrogen) atoms. The first kappa shape index (κ1) is 30.7. The molecule has 6 nitrogen and oxygen atoms in total. The SMILES string of the molecule is CCCCCCCOc1ccccc1NC(=O)[O-].CCCC[N+]1(CCO)CCCCC1.[Br-]. The number of para-hydroxylation sites is 2.